The quantitative estimate of drug-likeness (QED) is 0.0320. The number of unbranched alkanes of at least 4 members (excludes halogenated alkanes) is 48. The first-order valence-electron chi connectivity index (χ1n) is 33.8. The molecule has 0 aromatic rings. The van der Waals surface area contributed by atoms with Crippen molar-refractivity contribution in [2.75, 3.05) is 13.2 Å². The average Bonchev–Trinajstić information content (AvgIpc) is 3.41. The second kappa shape index (κ2) is 64.6. The van der Waals surface area contributed by atoms with E-state index >= 15 is 0 Å². The van der Waals surface area contributed by atoms with E-state index in [9.17, 15) is 19.8 Å². The Hall–Kier alpha value is -1.92. The van der Waals surface area contributed by atoms with E-state index in [0.717, 1.165) is 51.4 Å². The normalized spacial score (nSPS) is 12.7. The van der Waals surface area contributed by atoms with E-state index < -0.39 is 12.1 Å². The minimum Gasteiger partial charge on any atom is -0.466 e. The van der Waals surface area contributed by atoms with Crippen molar-refractivity contribution in [2.45, 2.75) is 379 Å². The van der Waals surface area contributed by atoms with Gasteiger partial charge in [-0.2, -0.15) is 0 Å². The lowest BCUT2D eigenvalue weighted by molar-refractivity contribution is -0.143. The third-order valence-corrected chi connectivity index (χ3v) is 15.6. The Labute approximate surface area is 468 Å². The summed E-state index contributed by atoms with van der Waals surface area (Å²) in [6.07, 6.45) is 82.1. The first-order chi connectivity index (χ1) is 37.0. The standard InChI is InChI=1S/C69H131NO5/c1-3-5-7-9-11-13-15-17-18-19-20-28-31-34-38-41-45-49-53-57-61-67(72)66(65-71)70-68(73)62-58-54-50-46-42-39-35-32-29-26-24-22-21-23-25-27-30-33-36-40-44-48-52-56-60-64-75-69(74)63-59-55-51-47-43-37-16-14-12-10-8-6-4-2/h8,10,14,16,57,61,66-67,71-72H,3-7,9,11-13,15,17-56,58-60,62-65H2,1-2H3,(H,70,73)/b10-8-,16-14-,61-57+. The van der Waals surface area contributed by atoms with Crippen molar-refractivity contribution in [3.63, 3.8) is 0 Å². The lowest BCUT2D eigenvalue weighted by Gasteiger charge is -2.20. The van der Waals surface area contributed by atoms with Crippen LogP contribution in [-0.4, -0.2) is 47.4 Å². The Balaban J connectivity index is 3.40. The molecule has 0 heterocycles. The fourth-order valence-corrected chi connectivity index (χ4v) is 10.5. The molecule has 0 saturated heterocycles. The molecule has 0 aliphatic carbocycles. The molecule has 75 heavy (non-hydrogen) atoms. The molecule has 0 fully saturated rings. The number of allylic oxidation sites excluding steroid dienone is 5. The molecule has 0 rings (SSSR count). The molecule has 6 heteroatoms. The van der Waals surface area contributed by atoms with Crippen molar-refractivity contribution in [3.05, 3.63) is 36.5 Å². The van der Waals surface area contributed by atoms with Gasteiger partial charge in [-0.05, 0) is 57.8 Å². The summed E-state index contributed by atoms with van der Waals surface area (Å²) in [4.78, 5) is 24.5. The van der Waals surface area contributed by atoms with Gasteiger partial charge in [-0.1, -0.05) is 333 Å². The summed E-state index contributed by atoms with van der Waals surface area (Å²) in [5.41, 5.74) is 0. The third kappa shape index (κ3) is 61.2. The van der Waals surface area contributed by atoms with Gasteiger partial charge in [-0.15, -0.1) is 0 Å². The molecule has 0 bridgehead atoms. The molecule has 0 saturated carbocycles. The van der Waals surface area contributed by atoms with Crippen LogP contribution in [0.4, 0.5) is 0 Å². The summed E-state index contributed by atoms with van der Waals surface area (Å²) in [5, 5.41) is 23.2. The van der Waals surface area contributed by atoms with E-state index in [0.29, 0.717) is 19.4 Å². The molecule has 0 aromatic heterocycles. The molecule has 442 valence electrons. The Morgan fingerprint density at radius 3 is 1.07 bits per heavy atom. The summed E-state index contributed by atoms with van der Waals surface area (Å²) in [6.45, 7) is 4.86. The minimum atomic E-state index is -0.844. The summed E-state index contributed by atoms with van der Waals surface area (Å²) in [6, 6.07) is -0.628. The maximum absolute atomic E-state index is 12.5. The average molecular weight is 1050 g/mol. The Morgan fingerprint density at radius 1 is 0.373 bits per heavy atom. The molecular weight excluding hydrogens is 923 g/mol. The molecule has 2 atom stereocenters. The van der Waals surface area contributed by atoms with Gasteiger partial charge in [-0.3, -0.25) is 9.59 Å². The highest BCUT2D eigenvalue weighted by molar-refractivity contribution is 5.76. The van der Waals surface area contributed by atoms with Crippen LogP contribution >= 0.6 is 0 Å². The minimum absolute atomic E-state index is 0.000844. The van der Waals surface area contributed by atoms with Crippen LogP contribution in [0, 0.1) is 0 Å². The number of esters is 1. The second-order valence-electron chi connectivity index (χ2n) is 23.2. The number of ether oxygens (including phenoxy) is 1. The molecule has 0 aliphatic rings. The fourth-order valence-electron chi connectivity index (χ4n) is 10.5. The van der Waals surface area contributed by atoms with Crippen LogP contribution in [0.3, 0.4) is 0 Å². The second-order valence-corrected chi connectivity index (χ2v) is 23.2. The van der Waals surface area contributed by atoms with E-state index in [1.165, 1.54) is 289 Å². The van der Waals surface area contributed by atoms with Crippen molar-refractivity contribution in [1.29, 1.82) is 0 Å². The van der Waals surface area contributed by atoms with Crippen LogP contribution in [0.15, 0.2) is 36.5 Å². The first-order valence-corrected chi connectivity index (χ1v) is 33.8. The topological polar surface area (TPSA) is 95.9 Å². The van der Waals surface area contributed by atoms with Crippen molar-refractivity contribution in [3.8, 4) is 0 Å². The summed E-state index contributed by atoms with van der Waals surface area (Å²) < 4.78 is 5.47. The number of carbonyl (C=O) groups excluding carboxylic acids is 2. The van der Waals surface area contributed by atoms with Crippen molar-refractivity contribution in [1.82, 2.24) is 5.32 Å². The van der Waals surface area contributed by atoms with E-state index in [1.54, 1.807) is 6.08 Å². The summed E-state index contributed by atoms with van der Waals surface area (Å²) in [5.74, 6) is -0.0624. The number of aliphatic hydroxyl groups excluding tert-OH is 2. The maximum Gasteiger partial charge on any atom is 0.305 e. The van der Waals surface area contributed by atoms with Crippen LogP contribution in [0.1, 0.15) is 367 Å². The van der Waals surface area contributed by atoms with Crippen LogP contribution < -0.4 is 5.32 Å². The number of hydrogen-bond donors (Lipinski definition) is 3. The fraction of sp³-hybridized carbons (Fsp3) is 0.884. The third-order valence-electron chi connectivity index (χ3n) is 15.6. The van der Waals surface area contributed by atoms with Gasteiger partial charge in [0, 0.05) is 12.8 Å². The highest BCUT2D eigenvalue weighted by Gasteiger charge is 2.18. The van der Waals surface area contributed by atoms with Crippen LogP contribution in [-0.2, 0) is 14.3 Å². The van der Waals surface area contributed by atoms with Gasteiger partial charge in [0.25, 0.3) is 0 Å². The Morgan fingerprint density at radius 2 is 0.693 bits per heavy atom. The van der Waals surface area contributed by atoms with Crippen molar-refractivity contribution < 1.29 is 24.5 Å². The van der Waals surface area contributed by atoms with Crippen molar-refractivity contribution in [2.24, 2.45) is 0 Å². The zero-order chi connectivity index (χ0) is 54.3. The number of rotatable bonds is 63. The summed E-state index contributed by atoms with van der Waals surface area (Å²) in [7, 11) is 0. The number of aliphatic hydroxyl groups is 2. The molecule has 1 amide bonds. The molecule has 0 spiro atoms. The van der Waals surface area contributed by atoms with Gasteiger partial charge < -0.3 is 20.3 Å². The van der Waals surface area contributed by atoms with Crippen LogP contribution in [0.2, 0.25) is 0 Å². The van der Waals surface area contributed by atoms with Gasteiger partial charge in [0.1, 0.15) is 0 Å². The van der Waals surface area contributed by atoms with Gasteiger partial charge in [-0.25, -0.2) is 0 Å². The highest BCUT2D eigenvalue weighted by atomic mass is 16.5. The molecular formula is C69H131NO5. The lowest BCUT2D eigenvalue weighted by Crippen LogP contribution is -2.45. The zero-order valence-corrected chi connectivity index (χ0v) is 50.5. The highest BCUT2D eigenvalue weighted by Crippen LogP contribution is 2.18. The smallest absolute Gasteiger partial charge is 0.305 e. The zero-order valence-electron chi connectivity index (χ0n) is 50.5. The molecule has 2 unspecified atom stereocenters. The van der Waals surface area contributed by atoms with Crippen LogP contribution in [0.5, 0.6) is 0 Å². The Kier molecular flexibility index (Phi) is 63.0. The number of amides is 1. The molecule has 0 radical (unpaired) electrons. The van der Waals surface area contributed by atoms with E-state index in [-0.39, 0.29) is 18.5 Å². The van der Waals surface area contributed by atoms with Gasteiger partial charge in [0.2, 0.25) is 5.91 Å². The maximum atomic E-state index is 12.5. The molecule has 6 nitrogen and oxygen atoms in total. The van der Waals surface area contributed by atoms with Crippen molar-refractivity contribution >= 4 is 11.9 Å². The van der Waals surface area contributed by atoms with E-state index in [2.05, 4.69) is 43.5 Å². The van der Waals surface area contributed by atoms with Gasteiger partial charge in [0.05, 0.1) is 25.4 Å². The lowest BCUT2D eigenvalue weighted by atomic mass is 10.0. The first kappa shape index (κ1) is 73.1. The van der Waals surface area contributed by atoms with Gasteiger partial charge in [0.15, 0.2) is 0 Å². The monoisotopic (exact) mass is 1050 g/mol. The van der Waals surface area contributed by atoms with E-state index in [4.69, 9.17) is 4.74 Å². The number of carbonyl (C=O) groups is 2. The predicted octanol–water partition coefficient (Wildman–Crippen LogP) is 21.5. The van der Waals surface area contributed by atoms with Crippen LogP contribution in [0.25, 0.3) is 0 Å². The number of hydrogen-bond acceptors (Lipinski definition) is 5. The number of nitrogens with one attached hydrogen (secondary N) is 1. The largest absolute Gasteiger partial charge is 0.466 e. The predicted molar refractivity (Wildman–Crippen MR) is 329 cm³/mol. The summed E-state index contributed by atoms with van der Waals surface area (Å²) >= 11 is 0. The SMILES string of the molecule is CCC/C=C\C/C=C\CCCCCCCC(=O)OCCCCCCCCCCCCCCCCCCCCCCCCCCCC(=O)NC(CO)C(O)/C=C/CCCCCCCCCCCCCCCCCCCC. The van der Waals surface area contributed by atoms with E-state index in [1.807, 2.05) is 6.08 Å². The van der Waals surface area contributed by atoms with Gasteiger partial charge >= 0.3 is 5.97 Å². The molecule has 3 N–H and O–H groups in total. The molecule has 0 aliphatic heterocycles. The molecule has 0 aromatic carbocycles. The Bertz CT molecular complexity index is 1210.